The molecule has 128 valence electrons. The highest BCUT2D eigenvalue weighted by Gasteiger charge is 2.30. The summed E-state index contributed by atoms with van der Waals surface area (Å²) in [5.74, 6) is 0.547. The van der Waals surface area contributed by atoms with E-state index in [9.17, 15) is 4.79 Å². The maximum Gasteiger partial charge on any atom is 0.339 e. The van der Waals surface area contributed by atoms with Gasteiger partial charge in [-0.25, -0.2) is 4.79 Å². The van der Waals surface area contributed by atoms with E-state index in [-0.39, 0.29) is 12.1 Å². The van der Waals surface area contributed by atoms with Crippen molar-refractivity contribution in [2.24, 2.45) is 0 Å². The Balaban J connectivity index is 1.88. The van der Waals surface area contributed by atoms with Gasteiger partial charge in [-0.2, -0.15) is 0 Å². The number of ether oxygens (including phenoxy) is 2. The number of unbranched alkanes of at least 4 members (excludes halogenated alkanes) is 1. The number of rotatable bonds is 10. The fraction of sp³-hybridized carbons (Fsp3) is 0.632. The number of carbonyl (C=O) groups is 1. The Morgan fingerprint density at radius 1 is 1.17 bits per heavy atom. The monoisotopic (exact) mass is 319 g/mol. The van der Waals surface area contributed by atoms with Crippen molar-refractivity contribution >= 4 is 5.97 Å². The van der Waals surface area contributed by atoms with Crippen LogP contribution < -0.4 is 4.74 Å². The number of benzene rings is 1. The van der Waals surface area contributed by atoms with Crippen LogP contribution in [0.15, 0.2) is 18.2 Å². The van der Waals surface area contributed by atoms with Crippen LogP contribution in [-0.2, 0) is 4.74 Å². The summed E-state index contributed by atoms with van der Waals surface area (Å²) < 4.78 is 11.3. The Morgan fingerprint density at radius 2 is 1.96 bits per heavy atom. The number of carbonyl (C=O) groups excluding carboxylic acids is 1. The first-order valence-electron chi connectivity index (χ1n) is 8.89. The number of hydrogen-bond donors (Lipinski definition) is 0. The van der Waals surface area contributed by atoms with Crippen molar-refractivity contribution in [3.63, 3.8) is 0 Å². The zero-order valence-corrected chi connectivity index (χ0v) is 14.6. The minimum atomic E-state index is -0.213. The van der Waals surface area contributed by atoms with Crippen LogP contribution in [-0.4, -0.2) is 37.1 Å². The lowest BCUT2D eigenvalue weighted by Gasteiger charge is -2.17. The molecule has 1 heterocycles. The molecular formula is C19H29NO3. The standard InChI is InChI=1S/C19H29NO3/c1-4-7-9-18-16-11-10-15(14-17(16)19(21)23-18)22-13-8-12-20(5-2)6-3/h10-11,14,18H,4-9,12-13H2,1-3H3. The smallest absolute Gasteiger partial charge is 0.339 e. The zero-order valence-electron chi connectivity index (χ0n) is 14.6. The zero-order chi connectivity index (χ0) is 16.7. The molecule has 0 fully saturated rings. The molecule has 0 radical (unpaired) electrons. The second kappa shape index (κ2) is 8.92. The summed E-state index contributed by atoms with van der Waals surface area (Å²) in [5.41, 5.74) is 1.69. The first-order chi connectivity index (χ1) is 11.2. The van der Waals surface area contributed by atoms with E-state index in [1.54, 1.807) is 0 Å². The van der Waals surface area contributed by atoms with Gasteiger partial charge in [0.15, 0.2) is 0 Å². The molecule has 1 unspecified atom stereocenters. The maximum atomic E-state index is 12.0. The average molecular weight is 319 g/mol. The lowest BCUT2D eigenvalue weighted by Crippen LogP contribution is -2.25. The van der Waals surface area contributed by atoms with E-state index in [1.807, 2.05) is 18.2 Å². The normalized spacial score (nSPS) is 16.5. The van der Waals surface area contributed by atoms with Crippen molar-refractivity contribution < 1.29 is 14.3 Å². The Kier molecular flexibility index (Phi) is 6.90. The highest BCUT2D eigenvalue weighted by Crippen LogP contribution is 2.36. The van der Waals surface area contributed by atoms with Gasteiger partial charge in [0.05, 0.1) is 12.2 Å². The lowest BCUT2D eigenvalue weighted by molar-refractivity contribution is 0.0364. The van der Waals surface area contributed by atoms with E-state index in [4.69, 9.17) is 9.47 Å². The molecule has 0 N–H and O–H groups in total. The molecule has 23 heavy (non-hydrogen) atoms. The van der Waals surface area contributed by atoms with E-state index in [2.05, 4.69) is 25.7 Å². The Morgan fingerprint density at radius 3 is 2.65 bits per heavy atom. The van der Waals surface area contributed by atoms with Gasteiger partial charge in [0.1, 0.15) is 11.9 Å². The summed E-state index contributed by atoms with van der Waals surface area (Å²) in [7, 11) is 0. The molecular weight excluding hydrogens is 290 g/mol. The Hall–Kier alpha value is -1.55. The SMILES string of the molecule is CCCCC1OC(=O)c2cc(OCCCN(CC)CC)ccc21. The minimum Gasteiger partial charge on any atom is -0.494 e. The fourth-order valence-electron chi connectivity index (χ4n) is 2.96. The van der Waals surface area contributed by atoms with Crippen LogP contribution in [0.25, 0.3) is 0 Å². The van der Waals surface area contributed by atoms with Crippen LogP contribution in [0.3, 0.4) is 0 Å². The van der Waals surface area contributed by atoms with E-state index in [0.717, 1.165) is 56.6 Å². The molecule has 1 aromatic rings. The van der Waals surface area contributed by atoms with Gasteiger partial charge in [-0.3, -0.25) is 0 Å². The van der Waals surface area contributed by atoms with Crippen molar-refractivity contribution in [3.05, 3.63) is 29.3 Å². The summed E-state index contributed by atoms with van der Waals surface area (Å²) >= 11 is 0. The number of cyclic esters (lactones) is 1. The topological polar surface area (TPSA) is 38.8 Å². The average Bonchev–Trinajstić information content (AvgIpc) is 2.89. The third-order valence-corrected chi connectivity index (χ3v) is 4.44. The van der Waals surface area contributed by atoms with E-state index >= 15 is 0 Å². The van der Waals surface area contributed by atoms with Gasteiger partial charge in [-0.05, 0) is 44.5 Å². The number of fused-ring (bicyclic) bond motifs is 1. The first-order valence-corrected chi connectivity index (χ1v) is 8.89. The molecule has 0 bridgehead atoms. The van der Waals surface area contributed by atoms with Crippen LogP contribution in [0.5, 0.6) is 5.75 Å². The molecule has 0 saturated heterocycles. The molecule has 0 saturated carbocycles. The Bertz CT molecular complexity index is 511. The third-order valence-electron chi connectivity index (χ3n) is 4.44. The number of hydrogen-bond acceptors (Lipinski definition) is 4. The van der Waals surface area contributed by atoms with Crippen molar-refractivity contribution in [2.75, 3.05) is 26.2 Å². The molecule has 0 amide bonds. The van der Waals surface area contributed by atoms with Gasteiger partial charge in [0.2, 0.25) is 0 Å². The van der Waals surface area contributed by atoms with E-state index in [1.165, 1.54) is 0 Å². The fourth-order valence-corrected chi connectivity index (χ4v) is 2.96. The Labute approximate surface area is 139 Å². The van der Waals surface area contributed by atoms with Gasteiger partial charge in [0.25, 0.3) is 0 Å². The molecule has 0 aromatic heterocycles. The summed E-state index contributed by atoms with van der Waals surface area (Å²) in [6.07, 6.45) is 3.99. The minimum absolute atomic E-state index is 0.0748. The predicted octanol–water partition coefficient (Wildman–Crippen LogP) is 4.20. The predicted molar refractivity (Wildman–Crippen MR) is 92.0 cm³/mol. The molecule has 1 aliphatic heterocycles. The van der Waals surface area contributed by atoms with Crippen LogP contribution in [0.1, 0.15) is 68.5 Å². The van der Waals surface area contributed by atoms with Crippen LogP contribution >= 0.6 is 0 Å². The molecule has 1 aliphatic rings. The van der Waals surface area contributed by atoms with Gasteiger partial charge in [-0.1, -0.05) is 33.3 Å². The number of nitrogens with zero attached hydrogens (tertiary/aromatic N) is 1. The lowest BCUT2D eigenvalue weighted by atomic mass is 10.0. The molecule has 0 aliphatic carbocycles. The summed E-state index contributed by atoms with van der Waals surface area (Å²) in [5, 5.41) is 0. The van der Waals surface area contributed by atoms with Gasteiger partial charge in [-0.15, -0.1) is 0 Å². The third kappa shape index (κ3) is 4.71. The van der Waals surface area contributed by atoms with Crippen molar-refractivity contribution in [1.29, 1.82) is 0 Å². The quantitative estimate of drug-likeness (QED) is 0.478. The van der Waals surface area contributed by atoms with Crippen LogP contribution in [0, 0.1) is 0 Å². The van der Waals surface area contributed by atoms with Gasteiger partial charge >= 0.3 is 5.97 Å². The van der Waals surface area contributed by atoms with Gasteiger partial charge in [0, 0.05) is 12.1 Å². The molecule has 4 nitrogen and oxygen atoms in total. The highest BCUT2D eigenvalue weighted by molar-refractivity contribution is 5.94. The molecule has 0 spiro atoms. The second-order valence-electron chi connectivity index (χ2n) is 6.01. The summed E-state index contributed by atoms with van der Waals surface area (Å²) in [6.45, 7) is 10.3. The van der Waals surface area contributed by atoms with Crippen molar-refractivity contribution in [3.8, 4) is 5.75 Å². The molecule has 1 aromatic carbocycles. The van der Waals surface area contributed by atoms with Crippen molar-refractivity contribution in [2.45, 2.75) is 52.6 Å². The maximum absolute atomic E-state index is 12.0. The largest absolute Gasteiger partial charge is 0.494 e. The van der Waals surface area contributed by atoms with E-state index < -0.39 is 0 Å². The van der Waals surface area contributed by atoms with E-state index in [0.29, 0.717) is 12.2 Å². The summed E-state index contributed by atoms with van der Waals surface area (Å²) in [4.78, 5) is 14.4. The summed E-state index contributed by atoms with van der Waals surface area (Å²) in [6, 6.07) is 5.78. The van der Waals surface area contributed by atoms with Crippen LogP contribution in [0.2, 0.25) is 0 Å². The first kappa shape index (κ1) is 17.8. The van der Waals surface area contributed by atoms with Crippen LogP contribution in [0.4, 0.5) is 0 Å². The molecule has 4 heteroatoms. The molecule has 1 atom stereocenters. The van der Waals surface area contributed by atoms with Gasteiger partial charge < -0.3 is 14.4 Å². The second-order valence-corrected chi connectivity index (χ2v) is 6.01. The molecule has 2 rings (SSSR count). The van der Waals surface area contributed by atoms with Crippen molar-refractivity contribution in [1.82, 2.24) is 4.90 Å². The number of esters is 1. The highest BCUT2D eigenvalue weighted by atomic mass is 16.5.